The zero-order chi connectivity index (χ0) is 15.9. The summed E-state index contributed by atoms with van der Waals surface area (Å²) in [7, 11) is -2.32. The molecule has 0 bridgehead atoms. The predicted molar refractivity (Wildman–Crippen MR) is 76.8 cm³/mol. The van der Waals surface area contributed by atoms with Crippen LogP contribution >= 0.6 is 11.6 Å². The fourth-order valence-electron chi connectivity index (χ4n) is 1.36. The van der Waals surface area contributed by atoms with Crippen LogP contribution < -0.4 is 15.6 Å². The average Bonchev–Trinajstić information content (AvgIpc) is 2.42. The first-order chi connectivity index (χ1) is 9.86. The third-order valence-corrected chi connectivity index (χ3v) is 4.14. The van der Waals surface area contributed by atoms with Gasteiger partial charge in [-0.05, 0) is 6.07 Å². The van der Waals surface area contributed by atoms with E-state index in [-0.39, 0.29) is 28.8 Å². The Morgan fingerprint density at radius 3 is 2.76 bits per heavy atom. The molecule has 21 heavy (non-hydrogen) atoms. The minimum atomic E-state index is -3.83. The van der Waals surface area contributed by atoms with E-state index >= 15 is 0 Å². The van der Waals surface area contributed by atoms with Crippen LogP contribution in [0.3, 0.4) is 0 Å². The Morgan fingerprint density at radius 1 is 1.43 bits per heavy atom. The Bertz CT molecular complexity index is 644. The van der Waals surface area contributed by atoms with Crippen LogP contribution in [0.2, 0.25) is 5.02 Å². The lowest BCUT2D eigenvalue weighted by Gasteiger charge is -2.07. The van der Waals surface area contributed by atoms with Crippen molar-refractivity contribution in [2.45, 2.75) is 11.3 Å². The first-order valence-electron chi connectivity index (χ1n) is 6.00. The fraction of sp³-hybridized carbons (Fsp3) is 0.455. The summed E-state index contributed by atoms with van der Waals surface area (Å²) < 4.78 is 30.8. The minimum absolute atomic E-state index is 0.0139. The third-order valence-electron chi connectivity index (χ3n) is 2.41. The Kier molecular flexibility index (Phi) is 6.82. The number of hydrogen-bond acceptors (Lipinski definition) is 5. The van der Waals surface area contributed by atoms with Gasteiger partial charge in [-0.25, -0.2) is 13.1 Å². The molecule has 0 saturated heterocycles. The summed E-state index contributed by atoms with van der Waals surface area (Å²) in [4.78, 5) is 24.5. The quantitative estimate of drug-likeness (QED) is 0.551. The summed E-state index contributed by atoms with van der Waals surface area (Å²) in [6.45, 7) is 0.669. The molecular weight excluding hydrogens is 322 g/mol. The molecule has 0 saturated carbocycles. The number of carbonyl (C=O) groups excluding carboxylic acids is 1. The summed E-state index contributed by atoms with van der Waals surface area (Å²) in [6.07, 6.45) is 1.02. The van der Waals surface area contributed by atoms with Crippen LogP contribution in [0.5, 0.6) is 0 Å². The van der Waals surface area contributed by atoms with Crippen LogP contribution in [0.1, 0.15) is 6.42 Å². The van der Waals surface area contributed by atoms with Crippen molar-refractivity contribution in [3.63, 3.8) is 0 Å². The van der Waals surface area contributed by atoms with Crippen molar-refractivity contribution >= 4 is 27.5 Å². The number of carbonyl (C=O) groups is 1. The molecule has 3 N–H and O–H groups in total. The van der Waals surface area contributed by atoms with Crippen molar-refractivity contribution < 1.29 is 17.9 Å². The number of aromatic amines is 1. The molecule has 0 spiro atoms. The predicted octanol–water partition coefficient (Wildman–Crippen LogP) is -0.541. The number of amides is 1. The van der Waals surface area contributed by atoms with E-state index in [0.29, 0.717) is 13.2 Å². The Labute approximate surface area is 126 Å². The SMILES string of the molecule is COCCNC(=O)CCNS(=O)(=O)c1c[nH]c(=O)c(Cl)c1. The highest BCUT2D eigenvalue weighted by molar-refractivity contribution is 7.89. The molecule has 1 heterocycles. The number of hydrogen-bond donors (Lipinski definition) is 3. The molecule has 1 amide bonds. The lowest BCUT2D eigenvalue weighted by atomic mass is 10.4. The van der Waals surface area contributed by atoms with Gasteiger partial charge in [-0.1, -0.05) is 11.6 Å². The van der Waals surface area contributed by atoms with Gasteiger partial charge in [0.1, 0.15) is 5.02 Å². The lowest BCUT2D eigenvalue weighted by molar-refractivity contribution is -0.121. The minimum Gasteiger partial charge on any atom is -0.383 e. The van der Waals surface area contributed by atoms with Crippen molar-refractivity contribution in [2.75, 3.05) is 26.8 Å². The number of aromatic nitrogens is 1. The van der Waals surface area contributed by atoms with Gasteiger partial charge in [-0.3, -0.25) is 9.59 Å². The average molecular weight is 338 g/mol. The van der Waals surface area contributed by atoms with E-state index in [2.05, 4.69) is 15.0 Å². The maximum absolute atomic E-state index is 11.9. The zero-order valence-electron chi connectivity index (χ0n) is 11.3. The van der Waals surface area contributed by atoms with Crippen LogP contribution in [-0.4, -0.2) is 46.1 Å². The molecule has 10 heteroatoms. The molecule has 0 aliphatic carbocycles. The fourth-order valence-corrected chi connectivity index (χ4v) is 2.62. The molecule has 8 nitrogen and oxygen atoms in total. The van der Waals surface area contributed by atoms with Gasteiger partial charge in [0.15, 0.2) is 0 Å². The van der Waals surface area contributed by atoms with Crippen molar-refractivity contribution in [3.8, 4) is 0 Å². The molecular formula is C11H16ClN3O5S. The molecule has 0 radical (unpaired) electrons. The third kappa shape index (κ3) is 5.84. The molecule has 1 aromatic heterocycles. The highest BCUT2D eigenvalue weighted by Gasteiger charge is 2.15. The van der Waals surface area contributed by atoms with Gasteiger partial charge in [0, 0.05) is 32.8 Å². The first-order valence-corrected chi connectivity index (χ1v) is 7.86. The van der Waals surface area contributed by atoms with Crippen LogP contribution in [0.4, 0.5) is 0 Å². The van der Waals surface area contributed by atoms with Gasteiger partial charge in [-0.2, -0.15) is 0 Å². The zero-order valence-corrected chi connectivity index (χ0v) is 12.9. The Balaban J connectivity index is 2.51. The summed E-state index contributed by atoms with van der Waals surface area (Å²) in [6, 6.07) is 1.04. The van der Waals surface area contributed by atoms with E-state index in [4.69, 9.17) is 16.3 Å². The van der Waals surface area contributed by atoms with E-state index in [9.17, 15) is 18.0 Å². The van der Waals surface area contributed by atoms with Crippen LogP contribution in [0.25, 0.3) is 0 Å². The number of halogens is 1. The number of ether oxygens (including phenoxy) is 1. The molecule has 0 aliphatic rings. The number of methoxy groups -OCH3 is 1. The Hall–Kier alpha value is -1.42. The van der Waals surface area contributed by atoms with Crippen LogP contribution in [-0.2, 0) is 19.6 Å². The molecule has 1 aromatic rings. The van der Waals surface area contributed by atoms with Crippen LogP contribution in [0, 0.1) is 0 Å². The van der Waals surface area contributed by atoms with E-state index in [0.717, 1.165) is 12.3 Å². The topological polar surface area (TPSA) is 117 Å². The molecule has 0 aliphatic heterocycles. The molecule has 0 fully saturated rings. The number of sulfonamides is 1. The van der Waals surface area contributed by atoms with E-state index in [1.807, 2.05) is 0 Å². The second-order valence-electron chi connectivity index (χ2n) is 4.00. The van der Waals surface area contributed by atoms with E-state index in [1.54, 1.807) is 0 Å². The van der Waals surface area contributed by atoms with Gasteiger partial charge >= 0.3 is 0 Å². The first kappa shape index (κ1) is 17.6. The number of nitrogens with one attached hydrogen (secondary N) is 3. The normalized spacial score (nSPS) is 11.3. The highest BCUT2D eigenvalue weighted by atomic mass is 35.5. The molecule has 0 unspecified atom stereocenters. The number of pyridine rings is 1. The van der Waals surface area contributed by atoms with E-state index < -0.39 is 15.6 Å². The summed E-state index contributed by atoms with van der Waals surface area (Å²) in [5.41, 5.74) is -0.576. The second kappa shape index (κ2) is 8.13. The summed E-state index contributed by atoms with van der Waals surface area (Å²) in [5, 5.41) is 2.33. The van der Waals surface area contributed by atoms with E-state index in [1.165, 1.54) is 7.11 Å². The van der Waals surface area contributed by atoms with Crippen molar-refractivity contribution in [3.05, 3.63) is 27.6 Å². The van der Waals surface area contributed by atoms with Gasteiger partial charge in [0.25, 0.3) is 5.56 Å². The van der Waals surface area contributed by atoms with Crippen molar-refractivity contribution in [1.82, 2.24) is 15.0 Å². The van der Waals surface area contributed by atoms with Crippen molar-refractivity contribution in [1.29, 1.82) is 0 Å². The largest absolute Gasteiger partial charge is 0.383 e. The maximum Gasteiger partial charge on any atom is 0.266 e. The van der Waals surface area contributed by atoms with Gasteiger partial charge in [0.2, 0.25) is 15.9 Å². The molecule has 0 atom stereocenters. The van der Waals surface area contributed by atoms with Gasteiger partial charge < -0.3 is 15.0 Å². The highest BCUT2D eigenvalue weighted by Crippen LogP contribution is 2.09. The lowest BCUT2D eigenvalue weighted by Crippen LogP contribution is -2.32. The standard InChI is InChI=1S/C11H16ClN3O5S/c1-20-5-4-13-10(16)2-3-15-21(18,19)8-6-9(12)11(17)14-7-8/h6-7,15H,2-5H2,1H3,(H,13,16)(H,14,17). The summed E-state index contributed by atoms with van der Waals surface area (Å²) in [5.74, 6) is -0.297. The molecule has 118 valence electrons. The van der Waals surface area contributed by atoms with Crippen LogP contribution in [0.15, 0.2) is 22.0 Å². The molecule has 0 aromatic carbocycles. The van der Waals surface area contributed by atoms with Crippen molar-refractivity contribution in [2.24, 2.45) is 0 Å². The summed E-state index contributed by atoms with van der Waals surface area (Å²) >= 11 is 5.56. The van der Waals surface area contributed by atoms with Gasteiger partial charge in [0.05, 0.1) is 11.5 Å². The monoisotopic (exact) mass is 337 g/mol. The molecule has 1 rings (SSSR count). The smallest absolute Gasteiger partial charge is 0.266 e. The Morgan fingerprint density at radius 2 is 2.14 bits per heavy atom. The number of rotatable bonds is 8. The number of H-pyrrole nitrogens is 1. The maximum atomic E-state index is 11.9. The van der Waals surface area contributed by atoms with Gasteiger partial charge in [-0.15, -0.1) is 0 Å². The second-order valence-corrected chi connectivity index (χ2v) is 6.18.